The van der Waals surface area contributed by atoms with Gasteiger partial charge in [-0.3, -0.25) is 4.79 Å². The van der Waals surface area contributed by atoms with Crippen molar-refractivity contribution >= 4 is 5.97 Å². The number of hydrogen-bond donors (Lipinski definition) is 0. The fraction of sp³-hybridized carbons (Fsp3) is 0.727. The summed E-state index contributed by atoms with van der Waals surface area (Å²) in [7, 11) is 0. The van der Waals surface area contributed by atoms with E-state index < -0.39 is 0 Å². The van der Waals surface area contributed by atoms with E-state index in [0.29, 0.717) is 6.42 Å². The van der Waals surface area contributed by atoms with Crippen LogP contribution in [0.4, 0.5) is 0 Å². The number of allylic oxidation sites excluding steroid dienone is 2. The predicted octanol–water partition coefficient (Wildman–Crippen LogP) is 2.79. The summed E-state index contributed by atoms with van der Waals surface area (Å²) in [6, 6.07) is 0. The molecule has 2 aliphatic rings. The Kier molecular flexibility index (Phi) is 2.38. The van der Waals surface area contributed by atoms with Crippen LogP contribution in [0.15, 0.2) is 11.3 Å². The van der Waals surface area contributed by atoms with Crippen molar-refractivity contribution in [1.82, 2.24) is 0 Å². The predicted molar refractivity (Wildman–Crippen MR) is 50.0 cm³/mol. The molecule has 0 N–H and O–H groups in total. The van der Waals surface area contributed by atoms with E-state index in [2.05, 4.69) is 0 Å². The fourth-order valence-electron chi connectivity index (χ4n) is 2.27. The van der Waals surface area contributed by atoms with Crippen molar-refractivity contribution in [2.24, 2.45) is 5.92 Å². The molecule has 0 aromatic heterocycles. The van der Waals surface area contributed by atoms with Gasteiger partial charge in [-0.1, -0.05) is 6.92 Å². The Hall–Kier alpha value is -0.790. The van der Waals surface area contributed by atoms with Crippen LogP contribution in [0.1, 0.15) is 45.4 Å². The molecule has 1 saturated carbocycles. The van der Waals surface area contributed by atoms with E-state index in [0.717, 1.165) is 24.5 Å². The van der Waals surface area contributed by atoms with Gasteiger partial charge in [0.05, 0.1) is 0 Å². The molecule has 2 bridgehead atoms. The van der Waals surface area contributed by atoms with Gasteiger partial charge in [0.2, 0.25) is 0 Å². The molecule has 2 nitrogen and oxygen atoms in total. The molecule has 1 atom stereocenters. The first-order chi connectivity index (χ1) is 6.29. The van der Waals surface area contributed by atoms with Gasteiger partial charge in [0.25, 0.3) is 0 Å². The standard InChI is InChI=1S/C11H16O2/c1-2-3-11(12)13-10-7-8-4-5-9(10)6-8/h8H,2-7H2,1H3/t8-/m0/s1. The molecule has 2 heteroatoms. The zero-order valence-corrected chi connectivity index (χ0v) is 8.14. The number of esters is 1. The molecule has 0 spiro atoms. The summed E-state index contributed by atoms with van der Waals surface area (Å²) >= 11 is 0. The Morgan fingerprint density at radius 3 is 2.92 bits per heavy atom. The van der Waals surface area contributed by atoms with Gasteiger partial charge in [0.1, 0.15) is 5.76 Å². The van der Waals surface area contributed by atoms with Crippen LogP contribution in [-0.4, -0.2) is 5.97 Å². The lowest BCUT2D eigenvalue weighted by molar-refractivity contribution is -0.139. The zero-order valence-electron chi connectivity index (χ0n) is 8.14. The molecule has 0 unspecified atom stereocenters. The number of fused-ring (bicyclic) bond motifs is 2. The minimum Gasteiger partial charge on any atom is -0.431 e. The largest absolute Gasteiger partial charge is 0.431 e. The molecule has 72 valence electrons. The van der Waals surface area contributed by atoms with E-state index in [9.17, 15) is 4.79 Å². The van der Waals surface area contributed by atoms with Crippen LogP contribution in [0.2, 0.25) is 0 Å². The average molecular weight is 180 g/mol. The maximum Gasteiger partial charge on any atom is 0.310 e. The van der Waals surface area contributed by atoms with Crippen LogP contribution in [0.3, 0.4) is 0 Å². The van der Waals surface area contributed by atoms with Crippen molar-refractivity contribution in [3.8, 4) is 0 Å². The van der Waals surface area contributed by atoms with E-state index in [1.54, 1.807) is 0 Å². The number of carbonyl (C=O) groups excluding carboxylic acids is 1. The van der Waals surface area contributed by atoms with Crippen molar-refractivity contribution < 1.29 is 9.53 Å². The summed E-state index contributed by atoms with van der Waals surface area (Å²) in [6.07, 6.45) is 6.12. The Balaban J connectivity index is 1.92. The Morgan fingerprint density at radius 1 is 1.54 bits per heavy atom. The fourth-order valence-corrected chi connectivity index (χ4v) is 2.27. The van der Waals surface area contributed by atoms with Crippen LogP contribution in [-0.2, 0) is 9.53 Å². The summed E-state index contributed by atoms with van der Waals surface area (Å²) < 4.78 is 5.33. The molecule has 0 saturated heterocycles. The molecule has 0 aliphatic heterocycles. The topological polar surface area (TPSA) is 26.3 Å². The van der Waals surface area contributed by atoms with Crippen LogP contribution in [0.25, 0.3) is 0 Å². The molecule has 0 heterocycles. The second-order valence-corrected chi connectivity index (χ2v) is 4.06. The van der Waals surface area contributed by atoms with Gasteiger partial charge in [0, 0.05) is 12.8 Å². The van der Waals surface area contributed by atoms with E-state index in [4.69, 9.17) is 4.74 Å². The average Bonchev–Trinajstić information content (AvgIpc) is 2.65. The molecule has 0 radical (unpaired) electrons. The first-order valence-corrected chi connectivity index (χ1v) is 5.21. The van der Waals surface area contributed by atoms with Gasteiger partial charge in [-0.2, -0.15) is 0 Å². The summed E-state index contributed by atoms with van der Waals surface area (Å²) in [4.78, 5) is 11.2. The highest BCUT2D eigenvalue weighted by Crippen LogP contribution is 2.44. The second kappa shape index (κ2) is 3.52. The molecule has 0 aromatic rings. The van der Waals surface area contributed by atoms with Crippen molar-refractivity contribution in [1.29, 1.82) is 0 Å². The Bertz CT molecular complexity index is 253. The third-order valence-electron chi connectivity index (χ3n) is 2.95. The SMILES string of the molecule is CCCC(=O)OC1=C2CC[C@@H](C2)C1. The van der Waals surface area contributed by atoms with Crippen LogP contribution in [0, 0.1) is 5.92 Å². The molecule has 1 fully saturated rings. The molecule has 0 amide bonds. The first kappa shape index (κ1) is 8.79. The van der Waals surface area contributed by atoms with E-state index in [1.807, 2.05) is 6.92 Å². The quantitative estimate of drug-likeness (QED) is 0.624. The maximum absolute atomic E-state index is 11.2. The maximum atomic E-state index is 11.2. The zero-order chi connectivity index (χ0) is 9.26. The van der Waals surface area contributed by atoms with Gasteiger partial charge in [-0.05, 0) is 37.2 Å². The number of rotatable bonds is 3. The molecule has 13 heavy (non-hydrogen) atoms. The minimum atomic E-state index is -0.0439. The third kappa shape index (κ3) is 1.77. The summed E-state index contributed by atoms with van der Waals surface area (Å²) in [5.74, 6) is 1.76. The van der Waals surface area contributed by atoms with Gasteiger partial charge in [-0.25, -0.2) is 0 Å². The van der Waals surface area contributed by atoms with E-state index >= 15 is 0 Å². The summed E-state index contributed by atoms with van der Waals surface area (Å²) in [5.41, 5.74) is 1.41. The molecule has 2 aliphatic carbocycles. The third-order valence-corrected chi connectivity index (χ3v) is 2.95. The van der Waals surface area contributed by atoms with Crippen LogP contribution in [0.5, 0.6) is 0 Å². The minimum absolute atomic E-state index is 0.0439. The molecular formula is C11H16O2. The lowest BCUT2D eigenvalue weighted by atomic mass is 10.1. The van der Waals surface area contributed by atoms with Crippen molar-refractivity contribution in [3.05, 3.63) is 11.3 Å². The van der Waals surface area contributed by atoms with Gasteiger partial charge < -0.3 is 4.74 Å². The van der Waals surface area contributed by atoms with E-state index in [-0.39, 0.29) is 5.97 Å². The first-order valence-electron chi connectivity index (χ1n) is 5.21. The number of hydrogen-bond acceptors (Lipinski definition) is 2. The Labute approximate surface area is 79.0 Å². The summed E-state index contributed by atoms with van der Waals surface area (Å²) in [6.45, 7) is 2.00. The lowest BCUT2D eigenvalue weighted by Gasteiger charge is -2.11. The van der Waals surface area contributed by atoms with Crippen LogP contribution >= 0.6 is 0 Å². The molecule has 2 rings (SSSR count). The van der Waals surface area contributed by atoms with E-state index in [1.165, 1.54) is 24.8 Å². The normalized spacial score (nSPS) is 25.5. The number of carbonyl (C=O) groups is 1. The smallest absolute Gasteiger partial charge is 0.310 e. The van der Waals surface area contributed by atoms with Gasteiger partial charge >= 0.3 is 5.97 Å². The monoisotopic (exact) mass is 180 g/mol. The lowest BCUT2D eigenvalue weighted by Crippen LogP contribution is -2.06. The highest BCUT2D eigenvalue weighted by molar-refractivity contribution is 5.70. The molecular weight excluding hydrogens is 164 g/mol. The highest BCUT2D eigenvalue weighted by atomic mass is 16.5. The van der Waals surface area contributed by atoms with Crippen molar-refractivity contribution in [2.45, 2.75) is 45.4 Å². The summed E-state index contributed by atoms with van der Waals surface area (Å²) in [5, 5.41) is 0. The Morgan fingerprint density at radius 2 is 2.38 bits per heavy atom. The molecule has 0 aromatic carbocycles. The second-order valence-electron chi connectivity index (χ2n) is 4.06. The van der Waals surface area contributed by atoms with Crippen molar-refractivity contribution in [3.63, 3.8) is 0 Å². The van der Waals surface area contributed by atoms with Gasteiger partial charge in [0.15, 0.2) is 0 Å². The highest BCUT2D eigenvalue weighted by Gasteiger charge is 2.32. The van der Waals surface area contributed by atoms with Crippen molar-refractivity contribution in [2.75, 3.05) is 0 Å². The van der Waals surface area contributed by atoms with Gasteiger partial charge in [-0.15, -0.1) is 0 Å². The van der Waals surface area contributed by atoms with Crippen LogP contribution < -0.4 is 0 Å². The number of ether oxygens (including phenoxy) is 1.